The first-order valence-electron chi connectivity index (χ1n) is 5.70. The van der Waals surface area contributed by atoms with Crippen molar-refractivity contribution >= 4 is 9.84 Å². The van der Waals surface area contributed by atoms with E-state index in [2.05, 4.69) is 6.07 Å². The Hall–Kier alpha value is -0.600. The molecule has 1 aliphatic rings. The maximum absolute atomic E-state index is 11.7. The van der Waals surface area contributed by atoms with E-state index in [4.69, 9.17) is 4.74 Å². The standard InChI is InChI=1S/C11H19NO3S/c1-3-15-9-11(8-12)6-5-10(7-11)16(13,14)4-2/h10H,3-7,9H2,1-2H3/t10-,11-/m1/s1. The summed E-state index contributed by atoms with van der Waals surface area (Å²) in [7, 11) is -3.01. The predicted octanol–water partition coefficient (Wildman–Crippen LogP) is 1.52. The minimum absolute atomic E-state index is 0.161. The fourth-order valence-electron chi connectivity index (χ4n) is 2.18. The molecule has 0 bridgehead atoms. The number of hydrogen-bond donors (Lipinski definition) is 0. The van der Waals surface area contributed by atoms with Crippen LogP contribution in [-0.4, -0.2) is 32.6 Å². The van der Waals surface area contributed by atoms with Crippen molar-refractivity contribution in [2.75, 3.05) is 19.0 Å². The van der Waals surface area contributed by atoms with E-state index in [9.17, 15) is 13.7 Å². The van der Waals surface area contributed by atoms with Crippen LogP contribution in [0.2, 0.25) is 0 Å². The number of rotatable bonds is 5. The first-order valence-corrected chi connectivity index (χ1v) is 7.42. The SMILES string of the molecule is CCOC[C@]1(C#N)CC[C@@H](S(=O)(=O)CC)C1. The van der Waals surface area contributed by atoms with Gasteiger partial charge in [0.2, 0.25) is 0 Å². The normalized spacial score (nSPS) is 30.2. The summed E-state index contributed by atoms with van der Waals surface area (Å²) in [5.41, 5.74) is -0.580. The molecule has 1 saturated carbocycles. The summed E-state index contributed by atoms with van der Waals surface area (Å²) in [5, 5.41) is 8.83. The van der Waals surface area contributed by atoms with E-state index in [0.717, 1.165) is 0 Å². The molecule has 1 fully saturated rings. The van der Waals surface area contributed by atoms with Crippen LogP contribution in [0.1, 0.15) is 33.1 Å². The molecule has 0 unspecified atom stereocenters. The minimum atomic E-state index is -3.01. The van der Waals surface area contributed by atoms with Crippen LogP contribution in [0.3, 0.4) is 0 Å². The van der Waals surface area contributed by atoms with Gasteiger partial charge in [-0.15, -0.1) is 0 Å². The van der Waals surface area contributed by atoms with E-state index in [1.165, 1.54) is 0 Å². The van der Waals surface area contributed by atoms with Crippen LogP contribution < -0.4 is 0 Å². The summed E-state index contributed by atoms with van der Waals surface area (Å²) in [5.74, 6) is 0.161. The van der Waals surface area contributed by atoms with Crippen molar-refractivity contribution < 1.29 is 13.2 Å². The van der Waals surface area contributed by atoms with Crippen LogP contribution in [0.5, 0.6) is 0 Å². The van der Waals surface area contributed by atoms with Gasteiger partial charge in [-0.1, -0.05) is 6.92 Å². The molecule has 92 valence electrons. The van der Waals surface area contributed by atoms with E-state index >= 15 is 0 Å². The van der Waals surface area contributed by atoms with Gasteiger partial charge in [-0.3, -0.25) is 0 Å². The molecule has 0 amide bonds. The van der Waals surface area contributed by atoms with Crippen LogP contribution in [0.4, 0.5) is 0 Å². The van der Waals surface area contributed by atoms with E-state index in [1.54, 1.807) is 6.92 Å². The average molecular weight is 245 g/mol. The molecule has 0 N–H and O–H groups in total. The van der Waals surface area contributed by atoms with Crippen LogP contribution in [-0.2, 0) is 14.6 Å². The Kier molecular flexibility index (Phi) is 4.34. The Morgan fingerprint density at radius 1 is 1.50 bits per heavy atom. The van der Waals surface area contributed by atoms with E-state index < -0.39 is 15.3 Å². The molecule has 16 heavy (non-hydrogen) atoms. The molecule has 1 aliphatic carbocycles. The van der Waals surface area contributed by atoms with E-state index in [0.29, 0.717) is 32.5 Å². The van der Waals surface area contributed by atoms with Crippen molar-refractivity contribution in [1.29, 1.82) is 5.26 Å². The van der Waals surface area contributed by atoms with Gasteiger partial charge < -0.3 is 4.74 Å². The second kappa shape index (κ2) is 5.15. The van der Waals surface area contributed by atoms with Crippen molar-refractivity contribution in [3.63, 3.8) is 0 Å². The molecule has 0 aromatic heterocycles. The smallest absolute Gasteiger partial charge is 0.152 e. The highest BCUT2D eigenvalue weighted by molar-refractivity contribution is 7.92. The zero-order valence-electron chi connectivity index (χ0n) is 9.90. The Balaban J connectivity index is 2.73. The largest absolute Gasteiger partial charge is 0.380 e. The summed E-state index contributed by atoms with van der Waals surface area (Å²) in [6.45, 7) is 4.45. The van der Waals surface area contributed by atoms with Gasteiger partial charge in [0.05, 0.1) is 23.3 Å². The molecule has 0 aromatic carbocycles. The summed E-state index contributed by atoms with van der Waals surface area (Å²) >= 11 is 0. The van der Waals surface area contributed by atoms with Gasteiger partial charge in [0.25, 0.3) is 0 Å². The lowest BCUT2D eigenvalue weighted by molar-refractivity contribution is 0.0835. The Labute approximate surface area is 97.5 Å². The van der Waals surface area contributed by atoms with Crippen molar-refractivity contribution in [2.45, 2.75) is 38.4 Å². The number of hydrogen-bond acceptors (Lipinski definition) is 4. The molecular weight excluding hydrogens is 226 g/mol. The zero-order valence-corrected chi connectivity index (χ0v) is 10.7. The maximum Gasteiger partial charge on any atom is 0.152 e. The second-order valence-corrected chi connectivity index (χ2v) is 6.92. The second-order valence-electron chi connectivity index (χ2n) is 4.35. The topological polar surface area (TPSA) is 67.2 Å². The summed E-state index contributed by atoms with van der Waals surface area (Å²) in [6, 6.07) is 2.25. The molecular formula is C11H19NO3S. The highest BCUT2D eigenvalue weighted by atomic mass is 32.2. The first-order chi connectivity index (χ1) is 7.49. The van der Waals surface area contributed by atoms with Crippen LogP contribution >= 0.6 is 0 Å². The third-order valence-corrected chi connectivity index (χ3v) is 5.52. The number of nitrogens with zero attached hydrogens (tertiary/aromatic N) is 1. The zero-order chi connectivity index (χ0) is 12.2. The number of nitriles is 1. The molecule has 0 spiro atoms. The lowest BCUT2D eigenvalue weighted by atomic mass is 9.89. The highest BCUT2D eigenvalue weighted by Gasteiger charge is 2.44. The van der Waals surface area contributed by atoms with Crippen molar-refractivity contribution in [1.82, 2.24) is 0 Å². The van der Waals surface area contributed by atoms with Gasteiger partial charge in [0.1, 0.15) is 0 Å². The molecule has 1 rings (SSSR count). The van der Waals surface area contributed by atoms with Gasteiger partial charge in [-0.25, -0.2) is 8.42 Å². The van der Waals surface area contributed by atoms with Crippen LogP contribution in [0, 0.1) is 16.7 Å². The molecule has 0 saturated heterocycles. The van der Waals surface area contributed by atoms with Crippen molar-refractivity contribution in [2.24, 2.45) is 5.41 Å². The fourth-order valence-corrected chi connectivity index (χ4v) is 3.70. The van der Waals surface area contributed by atoms with Crippen molar-refractivity contribution in [3.8, 4) is 6.07 Å². The van der Waals surface area contributed by atoms with Gasteiger partial charge in [0, 0.05) is 12.4 Å². The van der Waals surface area contributed by atoms with Crippen molar-refractivity contribution in [3.05, 3.63) is 0 Å². The molecule has 4 nitrogen and oxygen atoms in total. The Morgan fingerprint density at radius 3 is 2.69 bits per heavy atom. The quantitative estimate of drug-likeness (QED) is 0.736. The number of sulfone groups is 1. The Morgan fingerprint density at radius 2 is 2.19 bits per heavy atom. The molecule has 2 atom stereocenters. The van der Waals surface area contributed by atoms with Crippen LogP contribution in [0.25, 0.3) is 0 Å². The fraction of sp³-hybridized carbons (Fsp3) is 0.909. The lowest BCUT2D eigenvalue weighted by Gasteiger charge is -2.20. The molecule has 0 radical (unpaired) electrons. The van der Waals surface area contributed by atoms with Crippen LogP contribution in [0.15, 0.2) is 0 Å². The predicted molar refractivity (Wildman–Crippen MR) is 61.6 cm³/mol. The van der Waals surface area contributed by atoms with E-state index in [-0.39, 0.29) is 11.0 Å². The highest BCUT2D eigenvalue weighted by Crippen LogP contribution is 2.41. The van der Waals surface area contributed by atoms with Gasteiger partial charge in [-0.2, -0.15) is 5.26 Å². The number of ether oxygens (including phenoxy) is 1. The first kappa shape index (κ1) is 13.5. The van der Waals surface area contributed by atoms with E-state index in [1.807, 2.05) is 6.92 Å². The lowest BCUT2D eigenvalue weighted by Crippen LogP contribution is -2.26. The molecule has 0 aliphatic heterocycles. The Bertz CT molecular complexity index is 371. The third-order valence-electron chi connectivity index (χ3n) is 3.29. The summed E-state index contributed by atoms with van der Waals surface area (Å²) in [6.07, 6.45) is 1.66. The molecule has 0 heterocycles. The summed E-state index contributed by atoms with van der Waals surface area (Å²) < 4.78 is 28.7. The monoisotopic (exact) mass is 245 g/mol. The third kappa shape index (κ3) is 2.74. The van der Waals surface area contributed by atoms with Gasteiger partial charge >= 0.3 is 0 Å². The maximum atomic E-state index is 11.7. The van der Waals surface area contributed by atoms with Gasteiger partial charge in [0.15, 0.2) is 9.84 Å². The summed E-state index contributed by atoms with van der Waals surface area (Å²) in [4.78, 5) is 0. The molecule has 5 heteroatoms. The minimum Gasteiger partial charge on any atom is -0.380 e. The average Bonchev–Trinajstić information content (AvgIpc) is 2.72. The van der Waals surface area contributed by atoms with Gasteiger partial charge in [-0.05, 0) is 26.2 Å². The molecule has 0 aromatic rings.